The van der Waals surface area contributed by atoms with E-state index in [1.165, 1.54) is 10.9 Å². The third kappa shape index (κ3) is 2.81. The van der Waals surface area contributed by atoms with Gasteiger partial charge in [-0.3, -0.25) is 0 Å². The molecule has 0 aliphatic rings. The third-order valence-electron chi connectivity index (χ3n) is 4.88. The van der Waals surface area contributed by atoms with E-state index < -0.39 is 0 Å². The van der Waals surface area contributed by atoms with Crippen molar-refractivity contribution in [3.63, 3.8) is 0 Å². The SMILES string of the molecule is N#Cc1cnc2sc(-c3ccccc3)cc2c1NCc1cccc2[nH]ccc12. The molecular formula is C23H16N4S. The predicted octanol–water partition coefficient (Wildman–Crippen LogP) is 5.93. The zero-order chi connectivity index (χ0) is 18.9. The van der Waals surface area contributed by atoms with Crippen molar-refractivity contribution in [3.8, 4) is 16.5 Å². The molecule has 4 nitrogen and oxygen atoms in total. The molecule has 2 aromatic carbocycles. The molecule has 2 N–H and O–H groups in total. The first kappa shape index (κ1) is 16.5. The molecule has 0 saturated heterocycles. The van der Waals surface area contributed by atoms with E-state index in [9.17, 15) is 5.26 Å². The molecule has 0 spiro atoms. The quantitative estimate of drug-likeness (QED) is 0.406. The Hall–Kier alpha value is -3.62. The standard InChI is InChI=1S/C23H16N4S/c24-12-17-14-27-23-19(11-21(28-23)15-5-2-1-3-6-15)22(17)26-13-16-7-4-8-20-18(16)9-10-25-20/h1-11,14,25H,13H2,(H,26,27). The lowest BCUT2D eigenvalue weighted by molar-refractivity contribution is 1.17. The number of anilines is 1. The van der Waals surface area contributed by atoms with Gasteiger partial charge in [0.25, 0.3) is 0 Å². The summed E-state index contributed by atoms with van der Waals surface area (Å²) >= 11 is 1.64. The molecule has 0 bridgehead atoms. The van der Waals surface area contributed by atoms with Gasteiger partial charge in [0.15, 0.2) is 0 Å². The average molecular weight is 380 g/mol. The molecule has 3 heterocycles. The van der Waals surface area contributed by atoms with Gasteiger partial charge in [0.1, 0.15) is 10.9 Å². The second-order valence-corrected chi connectivity index (χ2v) is 7.59. The molecule has 0 amide bonds. The second-order valence-electron chi connectivity index (χ2n) is 6.56. The van der Waals surface area contributed by atoms with Crippen LogP contribution < -0.4 is 5.32 Å². The van der Waals surface area contributed by atoms with Crippen molar-refractivity contribution in [1.29, 1.82) is 5.26 Å². The lowest BCUT2D eigenvalue weighted by Gasteiger charge is -2.10. The van der Waals surface area contributed by atoms with Crippen LogP contribution in [0.1, 0.15) is 11.1 Å². The van der Waals surface area contributed by atoms with Crippen molar-refractivity contribution in [2.45, 2.75) is 6.54 Å². The largest absolute Gasteiger partial charge is 0.379 e. The van der Waals surface area contributed by atoms with Crippen LogP contribution in [0.15, 0.2) is 73.1 Å². The predicted molar refractivity (Wildman–Crippen MR) is 115 cm³/mol. The fraction of sp³-hybridized carbons (Fsp3) is 0.0435. The van der Waals surface area contributed by atoms with Crippen LogP contribution in [0, 0.1) is 11.3 Å². The van der Waals surface area contributed by atoms with Crippen LogP contribution in [-0.2, 0) is 6.54 Å². The van der Waals surface area contributed by atoms with Gasteiger partial charge in [-0.05, 0) is 29.3 Å². The maximum absolute atomic E-state index is 9.61. The minimum absolute atomic E-state index is 0.561. The average Bonchev–Trinajstić information content (AvgIpc) is 3.39. The summed E-state index contributed by atoms with van der Waals surface area (Å²) in [6.45, 7) is 0.638. The van der Waals surface area contributed by atoms with Crippen LogP contribution in [0.4, 0.5) is 5.69 Å². The Morgan fingerprint density at radius 1 is 1.04 bits per heavy atom. The topological polar surface area (TPSA) is 64.5 Å². The maximum atomic E-state index is 9.61. The molecule has 0 radical (unpaired) electrons. The number of aromatic amines is 1. The van der Waals surface area contributed by atoms with Gasteiger partial charge in [-0.2, -0.15) is 5.26 Å². The number of hydrogen-bond acceptors (Lipinski definition) is 4. The first-order valence-electron chi connectivity index (χ1n) is 9.00. The Kier molecular flexibility index (Phi) is 4.04. The Bertz CT molecular complexity index is 1330. The van der Waals surface area contributed by atoms with Gasteiger partial charge in [0, 0.05) is 40.1 Å². The van der Waals surface area contributed by atoms with Crippen molar-refractivity contribution >= 4 is 38.1 Å². The summed E-state index contributed by atoms with van der Waals surface area (Å²) in [7, 11) is 0. The summed E-state index contributed by atoms with van der Waals surface area (Å²) in [5.74, 6) is 0. The number of nitrogens with one attached hydrogen (secondary N) is 2. The molecule has 28 heavy (non-hydrogen) atoms. The summed E-state index contributed by atoms with van der Waals surface area (Å²) in [6.07, 6.45) is 3.61. The van der Waals surface area contributed by atoms with Crippen molar-refractivity contribution in [2.75, 3.05) is 5.32 Å². The molecule has 5 aromatic rings. The van der Waals surface area contributed by atoms with Gasteiger partial charge in [-0.15, -0.1) is 11.3 Å². The number of hydrogen-bond donors (Lipinski definition) is 2. The number of thiophene rings is 1. The number of aromatic nitrogens is 2. The zero-order valence-corrected chi connectivity index (χ0v) is 15.8. The van der Waals surface area contributed by atoms with Crippen LogP contribution in [0.3, 0.4) is 0 Å². The highest BCUT2D eigenvalue weighted by Crippen LogP contribution is 2.37. The van der Waals surface area contributed by atoms with E-state index >= 15 is 0 Å². The van der Waals surface area contributed by atoms with E-state index in [0.717, 1.165) is 31.9 Å². The van der Waals surface area contributed by atoms with Crippen LogP contribution in [-0.4, -0.2) is 9.97 Å². The third-order valence-corrected chi connectivity index (χ3v) is 5.97. The molecule has 3 aromatic heterocycles. The summed E-state index contributed by atoms with van der Waals surface area (Å²) in [6, 6.07) is 23.0. The number of benzene rings is 2. The summed E-state index contributed by atoms with van der Waals surface area (Å²) in [4.78, 5) is 9.83. The molecule has 0 atom stereocenters. The van der Waals surface area contributed by atoms with E-state index in [1.54, 1.807) is 17.5 Å². The van der Waals surface area contributed by atoms with Gasteiger partial charge in [0.2, 0.25) is 0 Å². The first-order valence-corrected chi connectivity index (χ1v) is 9.82. The van der Waals surface area contributed by atoms with Crippen molar-refractivity contribution < 1.29 is 0 Å². The minimum Gasteiger partial charge on any atom is -0.379 e. The number of nitrogens with zero attached hydrogens (tertiary/aromatic N) is 2. The highest BCUT2D eigenvalue weighted by Gasteiger charge is 2.13. The second kappa shape index (κ2) is 6.84. The first-order chi connectivity index (χ1) is 13.8. The molecular weight excluding hydrogens is 364 g/mol. The lowest BCUT2D eigenvalue weighted by atomic mass is 10.1. The molecule has 0 fully saturated rings. The number of fused-ring (bicyclic) bond motifs is 2. The van der Waals surface area contributed by atoms with Crippen molar-refractivity contribution in [3.05, 3.63) is 84.2 Å². The summed E-state index contributed by atoms with van der Waals surface area (Å²) in [5.41, 5.74) is 4.87. The number of H-pyrrole nitrogens is 1. The molecule has 0 aliphatic carbocycles. The van der Waals surface area contributed by atoms with Gasteiger partial charge in [-0.1, -0.05) is 42.5 Å². The van der Waals surface area contributed by atoms with E-state index in [-0.39, 0.29) is 0 Å². The number of nitriles is 1. The highest BCUT2D eigenvalue weighted by molar-refractivity contribution is 7.21. The fourth-order valence-corrected chi connectivity index (χ4v) is 4.51. The van der Waals surface area contributed by atoms with Crippen molar-refractivity contribution in [2.24, 2.45) is 0 Å². The summed E-state index contributed by atoms with van der Waals surface area (Å²) < 4.78 is 0. The van der Waals surface area contributed by atoms with Gasteiger partial charge < -0.3 is 10.3 Å². The van der Waals surface area contributed by atoms with E-state index in [2.05, 4.69) is 57.8 Å². The number of pyridine rings is 1. The van der Waals surface area contributed by atoms with Gasteiger partial charge in [0.05, 0.1) is 11.3 Å². The molecule has 5 rings (SSSR count). The fourth-order valence-electron chi connectivity index (χ4n) is 3.50. The smallest absolute Gasteiger partial charge is 0.125 e. The zero-order valence-electron chi connectivity index (χ0n) is 14.9. The minimum atomic E-state index is 0.561. The van der Waals surface area contributed by atoms with E-state index in [4.69, 9.17) is 0 Å². The van der Waals surface area contributed by atoms with Gasteiger partial charge >= 0.3 is 0 Å². The molecule has 5 heteroatoms. The Morgan fingerprint density at radius 2 is 1.93 bits per heavy atom. The van der Waals surface area contributed by atoms with Crippen LogP contribution in [0.2, 0.25) is 0 Å². The molecule has 0 unspecified atom stereocenters. The Morgan fingerprint density at radius 3 is 2.79 bits per heavy atom. The highest BCUT2D eigenvalue weighted by atomic mass is 32.1. The Labute approximate surface area is 166 Å². The van der Waals surface area contributed by atoms with Crippen LogP contribution >= 0.6 is 11.3 Å². The summed E-state index contributed by atoms with van der Waals surface area (Å²) in [5, 5.41) is 15.3. The number of rotatable bonds is 4. The van der Waals surface area contributed by atoms with Gasteiger partial charge in [-0.25, -0.2) is 4.98 Å². The normalized spacial score (nSPS) is 11.0. The molecule has 0 saturated carbocycles. The van der Waals surface area contributed by atoms with Crippen molar-refractivity contribution in [1.82, 2.24) is 9.97 Å². The lowest BCUT2D eigenvalue weighted by Crippen LogP contribution is -2.02. The molecule has 0 aliphatic heterocycles. The van der Waals surface area contributed by atoms with Crippen LogP contribution in [0.5, 0.6) is 0 Å². The van der Waals surface area contributed by atoms with Crippen LogP contribution in [0.25, 0.3) is 31.6 Å². The molecule has 134 valence electrons. The Balaban J connectivity index is 1.56. The van der Waals surface area contributed by atoms with E-state index in [0.29, 0.717) is 12.1 Å². The monoisotopic (exact) mass is 380 g/mol. The van der Waals surface area contributed by atoms with E-state index in [1.807, 2.05) is 30.5 Å². The maximum Gasteiger partial charge on any atom is 0.125 e.